The van der Waals surface area contributed by atoms with Gasteiger partial charge < -0.3 is 9.64 Å². The van der Waals surface area contributed by atoms with Crippen LogP contribution in [0.2, 0.25) is 0 Å². The number of ether oxygens (including phenoxy) is 1. The molecular weight excluding hydrogens is 280 g/mol. The Morgan fingerprint density at radius 1 is 1.33 bits per heavy atom. The number of halogens is 2. The Labute approximate surface area is 121 Å². The molecule has 0 aromatic heterocycles. The first kappa shape index (κ1) is 15.4. The topological polar surface area (TPSA) is 46.6 Å². The van der Waals surface area contributed by atoms with Crippen LogP contribution >= 0.6 is 0 Å². The molecule has 6 heteroatoms. The van der Waals surface area contributed by atoms with Gasteiger partial charge in [0.25, 0.3) is 0 Å². The minimum Gasteiger partial charge on any atom is -0.464 e. The van der Waals surface area contributed by atoms with Crippen molar-refractivity contribution < 1.29 is 23.1 Å². The van der Waals surface area contributed by atoms with Crippen molar-refractivity contribution in [2.75, 3.05) is 13.2 Å². The summed E-state index contributed by atoms with van der Waals surface area (Å²) in [5.41, 5.74) is 0.383. The number of amides is 1. The van der Waals surface area contributed by atoms with E-state index < -0.39 is 23.6 Å². The molecule has 1 fully saturated rings. The van der Waals surface area contributed by atoms with Crippen LogP contribution < -0.4 is 0 Å². The van der Waals surface area contributed by atoms with Crippen molar-refractivity contribution >= 4 is 11.9 Å². The van der Waals surface area contributed by atoms with Gasteiger partial charge in [-0.25, -0.2) is 13.6 Å². The van der Waals surface area contributed by atoms with E-state index in [0.29, 0.717) is 18.5 Å². The first-order valence-electron chi connectivity index (χ1n) is 6.93. The van der Waals surface area contributed by atoms with Crippen LogP contribution in [-0.4, -0.2) is 36.0 Å². The molecule has 1 aliphatic rings. The third kappa shape index (κ3) is 3.56. The monoisotopic (exact) mass is 297 g/mol. The van der Waals surface area contributed by atoms with Crippen molar-refractivity contribution in [1.82, 2.24) is 4.90 Å². The average molecular weight is 297 g/mol. The Morgan fingerprint density at radius 2 is 2.10 bits per heavy atom. The van der Waals surface area contributed by atoms with Crippen LogP contribution in [0.3, 0.4) is 0 Å². The first-order chi connectivity index (χ1) is 10.0. The standard InChI is InChI=1S/C15H17F2NO3/c1-2-21-15(20)13-4-3-7-18(13)14(19)9-10-5-6-11(16)12(17)8-10/h5-6,8,13H,2-4,7,9H2,1H3. The summed E-state index contributed by atoms with van der Waals surface area (Å²) < 4.78 is 30.9. The SMILES string of the molecule is CCOC(=O)C1CCCN1C(=O)Cc1ccc(F)c(F)c1. The molecule has 0 spiro atoms. The molecule has 1 aromatic rings. The molecule has 0 aliphatic carbocycles. The number of carbonyl (C=O) groups excluding carboxylic acids is 2. The van der Waals surface area contributed by atoms with E-state index in [0.717, 1.165) is 18.6 Å². The summed E-state index contributed by atoms with van der Waals surface area (Å²) in [5.74, 6) is -2.62. The fourth-order valence-corrected chi connectivity index (χ4v) is 2.47. The van der Waals surface area contributed by atoms with Crippen molar-refractivity contribution in [1.29, 1.82) is 0 Å². The predicted octanol–water partition coefficient (Wildman–Crippen LogP) is 2.06. The van der Waals surface area contributed by atoms with Crippen LogP contribution in [0.1, 0.15) is 25.3 Å². The molecule has 1 atom stereocenters. The number of carbonyl (C=O) groups is 2. The highest BCUT2D eigenvalue weighted by atomic mass is 19.2. The van der Waals surface area contributed by atoms with Gasteiger partial charge in [-0.3, -0.25) is 4.79 Å². The molecule has 1 saturated heterocycles. The van der Waals surface area contributed by atoms with Gasteiger partial charge >= 0.3 is 5.97 Å². The summed E-state index contributed by atoms with van der Waals surface area (Å²) in [7, 11) is 0. The molecule has 2 rings (SSSR count). The normalized spacial score (nSPS) is 17.9. The van der Waals surface area contributed by atoms with Gasteiger partial charge in [0.05, 0.1) is 13.0 Å². The van der Waals surface area contributed by atoms with Crippen LogP contribution in [0.25, 0.3) is 0 Å². The maximum Gasteiger partial charge on any atom is 0.328 e. The molecular formula is C15H17F2NO3. The lowest BCUT2D eigenvalue weighted by molar-refractivity contribution is -0.152. The van der Waals surface area contributed by atoms with Gasteiger partial charge in [0.15, 0.2) is 11.6 Å². The summed E-state index contributed by atoms with van der Waals surface area (Å²) >= 11 is 0. The Hall–Kier alpha value is -1.98. The smallest absolute Gasteiger partial charge is 0.328 e. The molecule has 114 valence electrons. The Kier molecular flexibility index (Phi) is 4.88. The molecule has 0 radical (unpaired) electrons. The van der Waals surface area contributed by atoms with Gasteiger partial charge in [-0.15, -0.1) is 0 Å². The largest absolute Gasteiger partial charge is 0.464 e. The van der Waals surface area contributed by atoms with Crippen LogP contribution in [0.5, 0.6) is 0 Å². The minimum absolute atomic E-state index is 0.0624. The van der Waals surface area contributed by atoms with Gasteiger partial charge in [0.2, 0.25) is 5.91 Å². The summed E-state index contributed by atoms with van der Waals surface area (Å²) in [5, 5.41) is 0. The highest BCUT2D eigenvalue weighted by molar-refractivity contribution is 5.86. The van der Waals surface area contributed by atoms with Crippen LogP contribution in [0, 0.1) is 11.6 Å². The van der Waals surface area contributed by atoms with Crippen LogP contribution in [0.4, 0.5) is 8.78 Å². The molecule has 1 amide bonds. The fourth-order valence-electron chi connectivity index (χ4n) is 2.47. The lowest BCUT2D eigenvalue weighted by atomic mass is 10.1. The van der Waals surface area contributed by atoms with Gasteiger partial charge in [-0.1, -0.05) is 6.07 Å². The molecule has 21 heavy (non-hydrogen) atoms. The Bertz CT molecular complexity index is 548. The van der Waals surface area contributed by atoms with E-state index in [2.05, 4.69) is 0 Å². The van der Waals surface area contributed by atoms with Crippen molar-refractivity contribution in [2.24, 2.45) is 0 Å². The lowest BCUT2D eigenvalue weighted by Crippen LogP contribution is -2.42. The second-order valence-corrected chi connectivity index (χ2v) is 4.92. The maximum atomic E-state index is 13.1. The molecule has 1 unspecified atom stereocenters. The zero-order chi connectivity index (χ0) is 15.4. The minimum atomic E-state index is -0.983. The Balaban J connectivity index is 2.04. The quantitative estimate of drug-likeness (QED) is 0.799. The molecule has 0 bridgehead atoms. The third-order valence-electron chi connectivity index (χ3n) is 3.47. The molecule has 1 aliphatic heterocycles. The van der Waals surface area contributed by atoms with Crippen molar-refractivity contribution in [3.63, 3.8) is 0 Å². The molecule has 0 saturated carbocycles. The zero-order valence-electron chi connectivity index (χ0n) is 11.8. The van der Waals surface area contributed by atoms with Crippen LogP contribution in [0.15, 0.2) is 18.2 Å². The lowest BCUT2D eigenvalue weighted by Gasteiger charge is -2.23. The second kappa shape index (κ2) is 6.65. The fraction of sp³-hybridized carbons (Fsp3) is 0.467. The van der Waals surface area contributed by atoms with E-state index >= 15 is 0 Å². The maximum absolute atomic E-state index is 13.1. The summed E-state index contributed by atoms with van der Waals surface area (Å²) in [6, 6.07) is 2.79. The van der Waals surface area contributed by atoms with Crippen molar-refractivity contribution in [3.05, 3.63) is 35.4 Å². The third-order valence-corrected chi connectivity index (χ3v) is 3.47. The molecule has 4 nitrogen and oxygen atoms in total. The number of hydrogen-bond acceptors (Lipinski definition) is 3. The van der Waals surface area contributed by atoms with Gasteiger partial charge in [0, 0.05) is 6.54 Å². The molecule has 1 aromatic carbocycles. The van der Waals surface area contributed by atoms with Crippen molar-refractivity contribution in [2.45, 2.75) is 32.2 Å². The van der Waals surface area contributed by atoms with Crippen LogP contribution in [-0.2, 0) is 20.7 Å². The molecule has 0 N–H and O–H groups in total. The van der Waals surface area contributed by atoms with Gasteiger partial charge in [0.1, 0.15) is 6.04 Å². The predicted molar refractivity (Wildman–Crippen MR) is 71.4 cm³/mol. The van der Waals surface area contributed by atoms with E-state index in [4.69, 9.17) is 4.74 Å². The summed E-state index contributed by atoms with van der Waals surface area (Å²) in [6.07, 6.45) is 1.24. The number of hydrogen-bond donors (Lipinski definition) is 0. The highest BCUT2D eigenvalue weighted by Gasteiger charge is 2.34. The first-order valence-corrected chi connectivity index (χ1v) is 6.93. The van der Waals surface area contributed by atoms with Gasteiger partial charge in [-0.05, 0) is 37.5 Å². The second-order valence-electron chi connectivity index (χ2n) is 4.92. The van der Waals surface area contributed by atoms with E-state index in [9.17, 15) is 18.4 Å². The van der Waals surface area contributed by atoms with E-state index in [1.165, 1.54) is 11.0 Å². The van der Waals surface area contributed by atoms with E-state index in [1.807, 2.05) is 0 Å². The molecule has 1 heterocycles. The zero-order valence-corrected chi connectivity index (χ0v) is 11.8. The highest BCUT2D eigenvalue weighted by Crippen LogP contribution is 2.20. The van der Waals surface area contributed by atoms with Crippen molar-refractivity contribution in [3.8, 4) is 0 Å². The van der Waals surface area contributed by atoms with E-state index in [1.54, 1.807) is 6.92 Å². The average Bonchev–Trinajstić information content (AvgIpc) is 2.92. The Morgan fingerprint density at radius 3 is 2.76 bits per heavy atom. The number of benzene rings is 1. The van der Waals surface area contributed by atoms with E-state index in [-0.39, 0.29) is 18.9 Å². The van der Waals surface area contributed by atoms with Gasteiger partial charge in [-0.2, -0.15) is 0 Å². The number of esters is 1. The number of likely N-dealkylation sites (tertiary alicyclic amines) is 1. The summed E-state index contributed by atoms with van der Waals surface area (Å²) in [6.45, 7) is 2.45. The number of rotatable bonds is 4. The number of nitrogens with zero attached hydrogens (tertiary/aromatic N) is 1. The summed E-state index contributed by atoms with van der Waals surface area (Å²) in [4.78, 5) is 25.5.